The highest BCUT2D eigenvalue weighted by molar-refractivity contribution is 7.91. The van der Waals surface area contributed by atoms with Crippen molar-refractivity contribution in [3.05, 3.63) is 30.3 Å². The van der Waals surface area contributed by atoms with E-state index in [9.17, 15) is 13.2 Å². The van der Waals surface area contributed by atoms with Crippen LogP contribution in [0.5, 0.6) is 5.75 Å². The van der Waals surface area contributed by atoms with E-state index in [0.29, 0.717) is 18.6 Å². The minimum Gasteiger partial charge on any atom is -0.486 e. The molecule has 20 heavy (non-hydrogen) atoms. The van der Waals surface area contributed by atoms with Crippen LogP contribution >= 0.6 is 0 Å². The van der Waals surface area contributed by atoms with E-state index in [1.54, 1.807) is 12.1 Å². The monoisotopic (exact) mass is 296 g/mol. The Balaban J connectivity index is 1.89. The second-order valence-corrected chi connectivity index (χ2v) is 7.71. The number of sulfone groups is 1. The highest BCUT2D eigenvalue weighted by Gasteiger charge is 2.32. The van der Waals surface area contributed by atoms with Gasteiger partial charge >= 0.3 is 0 Å². The second kappa shape index (κ2) is 6.39. The van der Waals surface area contributed by atoms with Crippen molar-refractivity contribution in [2.45, 2.75) is 30.9 Å². The van der Waals surface area contributed by atoms with Gasteiger partial charge in [0.1, 0.15) is 22.2 Å². The molecule has 1 aromatic carbocycles. The molecule has 0 saturated heterocycles. The van der Waals surface area contributed by atoms with Gasteiger partial charge in [-0.3, -0.25) is 4.79 Å². The number of carbonyl (C=O) groups is 1. The van der Waals surface area contributed by atoms with Gasteiger partial charge in [-0.05, 0) is 31.4 Å². The summed E-state index contributed by atoms with van der Waals surface area (Å²) >= 11 is 0. The van der Waals surface area contributed by atoms with Crippen LogP contribution < -0.4 is 4.74 Å². The van der Waals surface area contributed by atoms with Crippen LogP contribution in [0.1, 0.15) is 25.7 Å². The predicted octanol–water partition coefficient (Wildman–Crippen LogP) is 2.24. The van der Waals surface area contributed by atoms with E-state index in [1.165, 1.54) is 6.26 Å². The molecule has 2 unspecified atom stereocenters. The van der Waals surface area contributed by atoms with Crippen LogP contribution in [0.2, 0.25) is 0 Å². The van der Waals surface area contributed by atoms with Crippen molar-refractivity contribution in [3.63, 3.8) is 0 Å². The molecule has 0 radical (unpaired) electrons. The second-order valence-electron chi connectivity index (χ2n) is 5.38. The minimum atomic E-state index is -3.05. The number of carbonyl (C=O) groups excluding carboxylic acids is 1. The van der Waals surface area contributed by atoms with Gasteiger partial charge in [-0.15, -0.1) is 0 Å². The molecule has 1 aliphatic carbocycles. The smallest absolute Gasteiger partial charge is 0.173 e. The van der Waals surface area contributed by atoms with Crippen molar-refractivity contribution in [2.24, 2.45) is 5.92 Å². The molecule has 0 aliphatic heterocycles. The van der Waals surface area contributed by atoms with Gasteiger partial charge in [0.25, 0.3) is 0 Å². The molecule has 2 atom stereocenters. The first-order chi connectivity index (χ1) is 9.47. The van der Waals surface area contributed by atoms with Crippen LogP contribution in [0.3, 0.4) is 0 Å². The summed E-state index contributed by atoms with van der Waals surface area (Å²) in [5.74, 6) is 0.478. The number of hydrogen-bond acceptors (Lipinski definition) is 4. The lowest BCUT2D eigenvalue weighted by Gasteiger charge is -2.26. The number of Topliss-reactive ketones (excluding diaryl/α,β-unsaturated/α-hetero) is 1. The zero-order valence-electron chi connectivity index (χ0n) is 11.6. The molecular weight excluding hydrogens is 276 g/mol. The molecule has 0 aromatic heterocycles. The summed E-state index contributed by atoms with van der Waals surface area (Å²) in [7, 11) is -3.05. The van der Waals surface area contributed by atoms with Gasteiger partial charge in [-0.25, -0.2) is 8.42 Å². The van der Waals surface area contributed by atoms with Gasteiger partial charge in [-0.2, -0.15) is 0 Å². The van der Waals surface area contributed by atoms with Crippen LogP contribution in [-0.2, 0) is 14.6 Å². The molecule has 5 heteroatoms. The van der Waals surface area contributed by atoms with Crippen LogP contribution in [0.25, 0.3) is 0 Å². The average molecular weight is 296 g/mol. The lowest BCUT2D eigenvalue weighted by atomic mass is 9.86. The van der Waals surface area contributed by atoms with Crippen molar-refractivity contribution in [2.75, 3.05) is 12.9 Å². The number of rotatable bonds is 5. The molecule has 0 heterocycles. The Morgan fingerprint density at radius 3 is 2.60 bits per heavy atom. The summed E-state index contributed by atoms with van der Waals surface area (Å²) in [6, 6.07) is 9.17. The lowest BCUT2D eigenvalue weighted by Crippen LogP contribution is -2.33. The van der Waals surface area contributed by atoms with Crippen LogP contribution in [0.15, 0.2) is 30.3 Å². The van der Waals surface area contributed by atoms with Crippen molar-refractivity contribution in [1.29, 1.82) is 0 Å². The maximum atomic E-state index is 12.1. The van der Waals surface area contributed by atoms with E-state index in [-0.39, 0.29) is 23.6 Å². The minimum absolute atomic E-state index is 0.00204. The Bertz CT molecular complexity index is 550. The normalized spacial score (nSPS) is 23.2. The van der Waals surface area contributed by atoms with E-state index in [4.69, 9.17) is 4.74 Å². The lowest BCUT2D eigenvalue weighted by molar-refractivity contribution is -0.125. The molecule has 1 aromatic rings. The van der Waals surface area contributed by atoms with Gasteiger partial charge < -0.3 is 4.74 Å². The zero-order chi connectivity index (χ0) is 14.6. The topological polar surface area (TPSA) is 60.4 Å². The summed E-state index contributed by atoms with van der Waals surface area (Å²) < 4.78 is 28.6. The SMILES string of the molecule is CS(=O)(=O)C1CCCC(C(=O)COc2ccccc2)C1. The molecule has 0 N–H and O–H groups in total. The Labute approximate surface area is 120 Å². The van der Waals surface area contributed by atoms with Crippen LogP contribution in [0.4, 0.5) is 0 Å². The van der Waals surface area contributed by atoms with E-state index in [0.717, 1.165) is 12.8 Å². The maximum absolute atomic E-state index is 12.1. The molecule has 110 valence electrons. The third-order valence-corrected chi connectivity index (χ3v) is 5.45. The van der Waals surface area contributed by atoms with Crippen molar-refractivity contribution >= 4 is 15.6 Å². The Morgan fingerprint density at radius 2 is 1.95 bits per heavy atom. The van der Waals surface area contributed by atoms with Gasteiger partial charge in [-0.1, -0.05) is 24.6 Å². The highest BCUT2D eigenvalue weighted by Crippen LogP contribution is 2.29. The van der Waals surface area contributed by atoms with Gasteiger partial charge in [0.2, 0.25) is 0 Å². The summed E-state index contributed by atoms with van der Waals surface area (Å²) in [4.78, 5) is 12.1. The summed E-state index contributed by atoms with van der Waals surface area (Å²) in [6.45, 7) is 0.0190. The molecule has 0 bridgehead atoms. The number of hydrogen-bond donors (Lipinski definition) is 0. The number of ketones is 1. The third kappa shape index (κ3) is 4.07. The fourth-order valence-corrected chi connectivity index (χ4v) is 3.79. The number of ether oxygens (including phenoxy) is 1. The summed E-state index contributed by atoms with van der Waals surface area (Å²) in [6.07, 6.45) is 3.92. The molecule has 2 rings (SSSR count). The summed E-state index contributed by atoms with van der Waals surface area (Å²) in [5.41, 5.74) is 0. The highest BCUT2D eigenvalue weighted by atomic mass is 32.2. The maximum Gasteiger partial charge on any atom is 0.173 e. The fraction of sp³-hybridized carbons (Fsp3) is 0.533. The standard InChI is InChI=1S/C15H20O4S/c1-20(17,18)14-9-5-6-12(10-14)15(16)11-19-13-7-3-2-4-8-13/h2-4,7-8,12,14H,5-6,9-11H2,1H3. The first-order valence-electron chi connectivity index (χ1n) is 6.86. The molecule has 0 spiro atoms. The molecule has 4 nitrogen and oxygen atoms in total. The molecular formula is C15H20O4S. The van der Waals surface area contributed by atoms with Gasteiger partial charge in [0.15, 0.2) is 5.78 Å². The van der Waals surface area contributed by atoms with Crippen LogP contribution in [-0.4, -0.2) is 32.3 Å². The van der Waals surface area contributed by atoms with E-state index < -0.39 is 9.84 Å². The van der Waals surface area contributed by atoms with E-state index in [1.807, 2.05) is 18.2 Å². The largest absolute Gasteiger partial charge is 0.486 e. The van der Waals surface area contributed by atoms with Crippen molar-refractivity contribution in [1.82, 2.24) is 0 Å². The molecule has 1 fully saturated rings. The van der Waals surface area contributed by atoms with E-state index in [2.05, 4.69) is 0 Å². The number of para-hydroxylation sites is 1. The van der Waals surface area contributed by atoms with E-state index >= 15 is 0 Å². The fourth-order valence-electron chi connectivity index (χ4n) is 2.62. The quantitative estimate of drug-likeness (QED) is 0.836. The predicted molar refractivity (Wildman–Crippen MR) is 77.5 cm³/mol. The average Bonchev–Trinajstić information content (AvgIpc) is 2.45. The van der Waals surface area contributed by atoms with Crippen LogP contribution in [0, 0.1) is 5.92 Å². The molecule has 1 aliphatic rings. The van der Waals surface area contributed by atoms with Gasteiger partial charge in [0.05, 0.1) is 5.25 Å². The van der Waals surface area contributed by atoms with Crippen molar-refractivity contribution in [3.8, 4) is 5.75 Å². The molecule has 0 amide bonds. The Hall–Kier alpha value is -1.36. The summed E-state index contributed by atoms with van der Waals surface area (Å²) in [5, 5.41) is -0.373. The number of benzene rings is 1. The molecule has 1 saturated carbocycles. The first-order valence-corrected chi connectivity index (χ1v) is 8.81. The third-order valence-electron chi connectivity index (χ3n) is 3.81. The zero-order valence-corrected chi connectivity index (χ0v) is 12.4. The Morgan fingerprint density at radius 1 is 1.25 bits per heavy atom. The van der Waals surface area contributed by atoms with Crippen molar-refractivity contribution < 1.29 is 17.9 Å². The Kier molecular flexibility index (Phi) is 4.81. The van der Waals surface area contributed by atoms with Gasteiger partial charge in [0, 0.05) is 12.2 Å². The first kappa shape index (κ1) is 15.0.